The highest BCUT2D eigenvalue weighted by Crippen LogP contribution is 2.44. The molecule has 0 radical (unpaired) electrons. The summed E-state index contributed by atoms with van der Waals surface area (Å²) in [4.78, 5) is 0. The molecule has 0 atom stereocenters. The Morgan fingerprint density at radius 3 is 2.19 bits per heavy atom. The molecule has 7 rings (SSSR count). The maximum atomic E-state index is 3.81. The van der Waals surface area contributed by atoms with Crippen LogP contribution in [0.25, 0.3) is 58.4 Å². The molecule has 2 aromatic heterocycles. The number of hydrogen-bond acceptors (Lipinski definition) is 1. The van der Waals surface area contributed by atoms with E-state index in [2.05, 4.69) is 118 Å². The van der Waals surface area contributed by atoms with E-state index in [0.29, 0.717) is 0 Å². The van der Waals surface area contributed by atoms with E-state index in [0.717, 1.165) is 4.47 Å². The summed E-state index contributed by atoms with van der Waals surface area (Å²) in [5, 5.41) is 7.75. The van der Waals surface area contributed by atoms with Gasteiger partial charge in [-0.1, -0.05) is 60.7 Å². The van der Waals surface area contributed by atoms with Crippen LogP contribution in [-0.4, -0.2) is 4.57 Å². The van der Waals surface area contributed by atoms with E-state index in [1.54, 1.807) is 0 Å². The van der Waals surface area contributed by atoms with E-state index in [4.69, 9.17) is 0 Å². The number of hydrogen-bond donors (Lipinski definition) is 0. The van der Waals surface area contributed by atoms with Gasteiger partial charge in [0.05, 0.1) is 21.4 Å². The average Bonchev–Trinajstić information content (AvgIpc) is 3.35. The number of para-hydroxylation sites is 1. The summed E-state index contributed by atoms with van der Waals surface area (Å²) in [5.41, 5.74) is 3.72. The number of nitrogens with zero attached hydrogens (tertiary/aromatic N) is 1. The van der Waals surface area contributed by atoms with Crippen molar-refractivity contribution in [2.24, 2.45) is 0 Å². The van der Waals surface area contributed by atoms with Crippen LogP contribution in [-0.2, 0) is 0 Å². The average molecular weight is 478 g/mol. The summed E-state index contributed by atoms with van der Waals surface area (Å²) < 4.78 is 6.21. The van der Waals surface area contributed by atoms with Crippen molar-refractivity contribution in [3.63, 3.8) is 0 Å². The first-order chi connectivity index (χ1) is 15.3. The van der Waals surface area contributed by atoms with E-state index in [9.17, 15) is 0 Å². The fraction of sp³-hybridized carbons (Fsp3) is 0. The minimum atomic E-state index is 1.15. The number of thiophene rings is 1. The zero-order chi connectivity index (χ0) is 20.5. The van der Waals surface area contributed by atoms with Gasteiger partial charge in [0.2, 0.25) is 0 Å². The lowest BCUT2D eigenvalue weighted by Gasteiger charge is -2.11. The minimum Gasteiger partial charge on any atom is -0.309 e. The molecule has 0 bridgehead atoms. The van der Waals surface area contributed by atoms with Gasteiger partial charge in [-0.05, 0) is 63.1 Å². The highest BCUT2D eigenvalue weighted by Gasteiger charge is 2.18. The SMILES string of the molecule is Brc1ccc(-n2c3ccccc3c3cc4ccccc4cc32)c2c1sc1ccccc12. The Morgan fingerprint density at radius 1 is 0.613 bits per heavy atom. The summed E-state index contributed by atoms with van der Waals surface area (Å²) >= 11 is 5.66. The van der Waals surface area contributed by atoms with Gasteiger partial charge in [0.15, 0.2) is 0 Å². The quantitative estimate of drug-likeness (QED) is 0.222. The summed E-state index contributed by atoms with van der Waals surface area (Å²) in [7, 11) is 0. The molecule has 31 heavy (non-hydrogen) atoms. The van der Waals surface area contributed by atoms with Crippen LogP contribution in [0.1, 0.15) is 0 Å². The number of halogens is 1. The van der Waals surface area contributed by atoms with E-state index in [-0.39, 0.29) is 0 Å². The maximum Gasteiger partial charge on any atom is 0.0556 e. The molecule has 0 spiro atoms. The van der Waals surface area contributed by atoms with Crippen molar-refractivity contribution in [2.75, 3.05) is 0 Å². The topological polar surface area (TPSA) is 4.93 Å². The molecule has 1 nitrogen and oxygen atoms in total. The van der Waals surface area contributed by atoms with Crippen molar-refractivity contribution in [1.29, 1.82) is 0 Å². The predicted octanol–water partition coefficient (Wildman–Crippen LogP) is 9.07. The lowest BCUT2D eigenvalue weighted by Crippen LogP contribution is -1.95. The molecule has 5 aromatic carbocycles. The Kier molecular flexibility index (Phi) is 3.64. The lowest BCUT2D eigenvalue weighted by molar-refractivity contribution is 1.20. The molecule has 0 saturated heterocycles. The first-order valence-electron chi connectivity index (χ1n) is 10.3. The van der Waals surface area contributed by atoms with Crippen molar-refractivity contribution >= 4 is 80.0 Å². The fourth-order valence-corrected chi connectivity index (χ4v) is 6.58. The number of aromatic nitrogens is 1. The van der Waals surface area contributed by atoms with Crippen LogP contribution in [0.5, 0.6) is 0 Å². The minimum absolute atomic E-state index is 1.15. The van der Waals surface area contributed by atoms with Crippen molar-refractivity contribution in [2.45, 2.75) is 0 Å². The Labute approximate surface area is 191 Å². The van der Waals surface area contributed by atoms with Gasteiger partial charge < -0.3 is 4.57 Å². The van der Waals surface area contributed by atoms with Gasteiger partial charge >= 0.3 is 0 Å². The zero-order valence-electron chi connectivity index (χ0n) is 16.5. The van der Waals surface area contributed by atoms with Crippen molar-refractivity contribution < 1.29 is 0 Å². The Morgan fingerprint density at radius 2 is 1.32 bits per heavy atom. The monoisotopic (exact) mass is 477 g/mol. The van der Waals surface area contributed by atoms with Gasteiger partial charge in [-0.25, -0.2) is 0 Å². The van der Waals surface area contributed by atoms with Crippen LogP contribution in [0.3, 0.4) is 0 Å². The molecule has 0 aliphatic rings. The van der Waals surface area contributed by atoms with Crippen LogP contribution < -0.4 is 0 Å². The molecular weight excluding hydrogens is 462 g/mol. The van der Waals surface area contributed by atoms with E-state index >= 15 is 0 Å². The third-order valence-corrected chi connectivity index (χ3v) is 8.36. The molecule has 0 saturated carbocycles. The Hall–Kier alpha value is -3.14. The molecule has 0 amide bonds. The molecular formula is C28H16BrNS. The Bertz CT molecular complexity index is 1810. The third-order valence-electron chi connectivity index (χ3n) is 6.24. The third kappa shape index (κ3) is 2.42. The number of benzene rings is 5. The van der Waals surface area contributed by atoms with E-state index < -0.39 is 0 Å². The van der Waals surface area contributed by atoms with Crippen LogP contribution in [0.2, 0.25) is 0 Å². The van der Waals surface area contributed by atoms with E-state index in [1.807, 2.05) is 11.3 Å². The fourth-order valence-electron chi connectivity index (χ4n) is 4.88. The van der Waals surface area contributed by atoms with Gasteiger partial charge in [-0.3, -0.25) is 0 Å². The largest absolute Gasteiger partial charge is 0.309 e. The number of rotatable bonds is 1. The van der Waals surface area contributed by atoms with Crippen LogP contribution in [0.4, 0.5) is 0 Å². The van der Waals surface area contributed by atoms with Crippen molar-refractivity contribution in [3.8, 4) is 5.69 Å². The van der Waals surface area contributed by atoms with Gasteiger partial charge in [-0.2, -0.15) is 0 Å². The standard InChI is InChI=1S/C28H16BrNS/c29-22-13-14-24(27-20-10-4-6-12-26(20)31-28(22)27)30-23-11-5-3-9-19(23)21-15-17-7-1-2-8-18(17)16-25(21)30/h1-16H. The summed E-state index contributed by atoms with van der Waals surface area (Å²) in [6.07, 6.45) is 0. The Balaban J connectivity index is 1.73. The molecule has 7 aromatic rings. The van der Waals surface area contributed by atoms with E-state index in [1.165, 1.54) is 58.4 Å². The normalized spacial score (nSPS) is 12.0. The number of fused-ring (bicyclic) bond motifs is 7. The smallest absolute Gasteiger partial charge is 0.0556 e. The van der Waals surface area contributed by atoms with Gasteiger partial charge in [0, 0.05) is 30.7 Å². The van der Waals surface area contributed by atoms with Gasteiger partial charge in [0.1, 0.15) is 0 Å². The van der Waals surface area contributed by atoms with Crippen LogP contribution in [0.15, 0.2) is 102 Å². The van der Waals surface area contributed by atoms with Crippen LogP contribution in [0, 0.1) is 0 Å². The second-order valence-electron chi connectivity index (χ2n) is 7.94. The lowest BCUT2D eigenvalue weighted by atomic mass is 10.1. The van der Waals surface area contributed by atoms with Gasteiger partial charge in [-0.15, -0.1) is 11.3 Å². The van der Waals surface area contributed by atoms with Gasteiger partial charge in [0.25, 0.3) is 0 Å². The molecule has 0 N–H and O–H groups in total. The second kappa shape index (κ2) is 6.43. The molecule has 0 fully saturated rings. The molecule has 146 valence electrons. The highest BCUT2D eigenvalue weighted by atomic mass is 79.9. The first-order valence-corrected chi connectivity index (χ1v) is 11.9. The maximum absolute atomic E-state index is 3.81. The molecule has 2 heterocycles. The van der Waals surface area contributed by atoms with Crippen molar-refractivity contribution in [3.05, 3.63) is 102 Å². The van der Waals surface area contributed by atoms with Crippen LogP contribution >= 0.6 is 27.3 Å². The summed E-state index contributed by atoms with van der Waals surface area (Å²) in [6, 6.07) is 35.2. The summed E-state index contributed by atoms with van der Waals surface area (Å²) in [6.45, 7) is 0. The van der Waals surface area contributed by atoms with Crippen molar-refractivity contribution in [1.82, 2.24) is 4.57 Å². The zero-order valence-corrected chi connectivity index (χ0v) is 18.9. The molecule has 0 aliphatic carbocycles. The molecule has 0 unspecified atom stereocenters. The first kappa shape index (κ1) is 17.5. The predicted molar refractivity (Wildman–Crippen MR) is 139 cm³/mol. The molecule has 0 aliphatic heterocycles. The highest BCUT2D eigenvalue weighted by molar-refractivity contribution is 9.10. The summed E-state index contributed by atoms with van der Waals surface area (Å²) in [5.74, 6) is 0. The molecule has 3 heteroatoms. The second-order valence-corrected chi connectivity index (χ2v) is 9.84.